The van der Waals surface area contributed by atoms with Gasteiger partial charge in [-0.3, -0.25) is 0 Å². The predicted molar refractivity (Wildman–Crippen MR) is 117 cm³/mol. The molecule has 0 saturated heterocycles. The van der Waals surface area contributed by atoms with Crippen LogP contribution in [0.4, 0.5) is 0 Å². The molecule has 0 spiro atoms. The van der Waals surface area contributed by atoms with E-state index < -0.39 is 0 Å². The Bertz CT molecular complexity index is 1090. The van der Waals surface area contributed by atoms with Crippen molar-refractivity contribution >= 4 is 11.3 Å². The summed E-state index contributed by atoms with van der Waals surface area (Å²) < 4.78 is 7.60. The van der Waals surface area contributed by atoms with E-state index in [1.807, 2.05) is 12.1 Å². The molecule has 0 atom stereocenters. The predicted octanol–water partition coefficient (Wildman–Crippen LogP) is 6.26. The van der Waals surface area contributed by atoms with Crippen molar-refractivity contribution in [2.75, 3.05) is 7.11 Å². The first-order chi connectivity index (χ1) is 13.5. The van der Waals surface area contributed by atoms with Gasteiger partial charge >= 0.3 is 0 Å². The van der Waals surface area contributed by atoms with Gasteiger partial charge in [-0.25, -0.2) is 4.98 Å². The lowest BCUT2D eigenvalue weighted by molar-refractivity contribution is 0.415. The van der Waals surface area contributed by atoms with E-state index in [2.05, 4.69) is 73.2 Å². The summed E-state index contributed by atoms with van der Waals surface area (Å²) in [4.78, 5) is 4.91. The molecule has 0 unspecified atom stereocenters. The number of thiazole rings is 1. The van der Waals surface area contributed by atoms with E-state index in [0.717, 1.165) is 34.3 Å². The maximum absolute atomic E-state index is 5.25. The molecule has 4 heteroatoms. The zero-order valence-electron chi connectivity index (χ0n) is 16.7. The Kier molecular flexibility index (Phi) is 5.05. The van der Waals surface area contributed by atoms with E-state index in [4.69, 9.17) is 9.72 Å². The van der Waals surface area contributed by atoms with Gasteiger partial charge in [-0.15, -0.1) is 11.3 Å². The molecule has 3 nitrogen and oxygen atoms in total. The molecule has 4 aromatic rings. The molecule has 4 rings (SSSR count). The molecule has 0 aliphatic heterocycles. The van der Waals surface area contributed by atoms with E-state index in [1.165, 1.54) is 22.4 Å². The highest BCUT2D eigenvalue weighted by atomic mass is 32.1. The molecular formula is C24H24N2OS. The van der Waals surface area contributed by atoms with Gasteiger partial charge < -0.3 is 9.30 Å². The number of aromatic nitrogens is 2. The Balaban J connectivity index is 1.66. The van der Waals surface area contributed by atoms with Crippen LogP contribution in [0.3, 0.4) is 0 Å². The lowest BCUT2D eigenvalue weighted by Gasteiger charge is -2.12. The van der Waals surface area contributed by atoms with Gasteiger partial charge in [-0.2, -0.15) is 0 Å². The maximum atomic E-state index is 5.25. The lowest BCUT2D eigenvalue weighted by Crippen LogP contribution is -2.04. The molecule has 0 saturated carbocycles. The van der Waals surface area contributed by atoms with Gasteiger partial charge in [0.05, 0.1) is 18.5 Å². The second-order valence-corrected chi connectivity index (χ2v) is 8.07. The van der Waals surface area contributed by atoms with E-state index in [1.54, 1.807) is 18.4 Å². The third kappa shape index (κ3) is 3.73. The molecule has 0 aliphatic rings. The first-order valence-electron chi connectivity index (χ1n) is 9.37. The van der Waals surface area contributed by atoms with Crippen LogP contribution in [0.1, 0.15) is 22.4 Å². The number of rotatable bonds is 5. The average Bonchev–Trinajstić information content (AvgIpc) is 3.29. The molecule has 0 fully saturated rings. The largest absolute Gasteiger partial charge is 0.497 e. The summed E-state index contributed by atoms with van der Waals surface area (Å²) in [5.74, 6) is 0.860. The van der Waals surface area contributed by atoms with E-state index in [-0.39, 0.29) is 0 Å². The fourth-order valence-corrected chi connectivity index (χ4v) is 4.42. The van der Waals surface area contributed by atoms with Crippen LogP contribution in [0.25, 0.3) is 22.0 Å². The maximum Gasteiger partial charge on any atom is 0.124 e. The van der Waals surface area contributed by atoms with Crippen LogP contribution in [0.2, 0.25) is 0 Å². The standard InChI is InChI=1S/C24H24N2OS/c1-16-11-17(2)13-19(12-16)14-26-18(3)5-10-23(26)22-15-28-24(25-22)20-6-8-21(27-4)9-7-20/h5-13,15H,14H2,1-4H3. The quantitative estimate of drug-likeness (QED) is 0.403. The summed E-state index contributed by atoms with van der Waals surface area (Å²) in [6.45, 7) is 7.32. The van der Waals surface area contributed by atoms with Gasteiger partial charge in [0, 0.05) is 23.2 Å². The molecule has 142 valence electrons. The highest BCUT2D eigenvalue weighted by Crippen LogP contribution is 2.31. The van der Waals surface area contributed by atoms with Crippen molar-refractivity contribution in [2.24, 2.45) is 0 Å². The zero-order chi connectivity index (χ0) is 19.7. The fraction of sp³-hybridized carbons (Fsp3) is 0.208. The van der Waals surface area contributed by atoms with E-state index in [9.17, 15) is 0 Å². The topological polar surface area (TPSA) is 27.1 Å². The Morgan fingerprint density at radius 2 is 1.64 bits per heavy atom. The van der Waals surface area contributed by atoms with Crippen LogP contribution in [0.5, 0.6) is 5.75 Å². The molecular weight excluding hydrogens is 364 g/mol. The van der Waals surface area contributed by atoms with Crippen LogP contribution in [0, 0.1) is 20.8 Å². The van der Waals surface area contributed by atoms with Crippen molar-refractivity contribution in [1.29, 1.82) is 0 Å². The van der Waals surface area contributed by atoms with Crippen molar-refractivity contribution < 1.29 is 4.74 Å². The number of ether oxygens (including phenoxy) is 1. The number of nitrogens with zero attached hydrogens (tertiary/aromatic N) is 2. The molecule has 0 aliphatic carbocycles. The summed E-state index contributed by atoms with van der Waals surface area (Å²) in [7, 11) is 1.68. The number of hydrogen-bond acceptors (Lipinski definition) is 3. The van der Waals surface area contributed by atoms with Crippen molar-refractivity contribution in [1.82, 2.24) is 9.55 Å². The fourth-order valence-electron chi connectivity index (χ4n) is 3.60. The zero-order valence-corrected chi connectivity index (χ0v) is 17.5. The third-order valence-electron chi connectivity index (χ3n) is 4.92. The van der Waals surface area contributed by atoms with Gasteiger partial charge in [0.25, 0.3) is 0 Å². The average molecular weight is 389 g/mol. The third-order valence-corrected chi connectivity index (χ3v) is 5.82. The molecule has 0 N–H and O–H groups in total. The van der Waals surface area contributed by atoms with Crippen LogP contribution in [-0.2, 0) is 6.54 Å². The van der Waals surface area contributed by atoms with Gasteiger partial charge in [0.15, 0.2) is 0 Å². The SMILES string of the molecule is COc1ccc(-c2nc(-c3ccc(C)n3Cc3cc(C)cc(C)c3)cs2)cc1. The first-order valence-corrected chi connectivity index (χ1v) is 10.2. The Labute approximate surface area is 170 Å². The Morgan fingerprint density at radius 1 is 0.929 bits per heavy atom. The number of benzene rings is 2. The second kappa shape index (κ2) is 7.64. The summed E-state index contributed by atoms with van der Waals surface area (Å²) in [6, 6.07) is 19.2. The molecule has 0 bridgehead atoms. The molecule has 2 heterocycles. The minimum absolute atomic E-state index is 0.853. The van der Waals surface area contributed by atoms with Crippen LogP contribution >= 0.6 is 11.3 Å². The highest BCUT2D eigenvalue weighted by Gasteiger charge is 2.13. The lowest BCUT2D eigenvalue weighted by atomic mass is 10.1. The highest BCUT2D eigenvalue weighted by molar-refractivity contribution is 7.13. The summed E-state index contributed by atoms with van der Waals surface area (Å²) in [5, 5.41) is 3.17. The molecule has 28 heavy (non-hydrogen) atoms. The molecule has 2 aromatic carbocycles. The summed E-state index contributed by atoms with van der Waals surface area (Å²) >= 11 is 1.67. The minimum Gasteiger partial charge on any atom is -0.497 e. The monoisotopic (exact) mass is 388 g/mol. The van der Waals surface area contributed by atoms with Gasteiger partial charge in [0.1, 0.15) is 10.8 Å². The molecule has 0 radical (unpaired) electrons. The Hall–Kier alpha value is -2.85. The van der Waals surface area contributed by atoms with Crippen LogP contribution in [0.15, 0.2) is 60.0 Å². The van der Waals surface area contributed by atoms with Crippen molar-refractivity contribution in [3.63, 3.8) is 0 Å². The number of hydrogen-bond donors (Lipinski definition) is 0. The van der Waals surface area contributed by atoms with Gasteiger partial charge in [0.2, 0.25) is 0 Å². The second-order valence-electron chi connectivity index (χ2n) is 7.21. The van der Waals surface area contributed by atoms with Gasteiger partial charge in [-0.05, 0) is 62.7 Å². The summed E-state index contributed by atoms with van der Waals surface area (Å²) in [6.07, 6.45) is 0. The van der Waals surface area contributed by atoms with Gasteiger partial charge in [-0.1, -0.05) is 29.3 Å². The first kappa shape index (κ1) is 18.5. The van der Waals surface area contributed by atoms with Crippen molar-refractivity contribution in [2.45, 2.75) is 27.3 Å². The number of aryl methyl sites for hydroxylation is 3. The Morgan fingerprint density at radius 3 is 2.32 bits per heavy atom. The summed E-state index contributed by atoms with van der Waals surface area (Å²) in [5.41, 5.74) is 8.47. The smallest absolute Gasteiger partial charge is 0.124 e. The normalized spacial score (nSPS) is 11.0. The number of methoxy groups -OCH3 is 1. The van der Waals surface area contributed by atoms with E-state index in [0.29, 0.717) is 0 Å². The van der Waals surface area contributed by atoms with Crippen molar-refractivity contribution in [3.05, 3.63) is 82.4 Å². The van der Waals surface area contributed by atoms with Crippen LogP contribution < -0.4 is 4.74 Å². The van der Waals surface area contributed by atoms with Crippen LogP contribution in [-0.4, -0.2) is 16.7 Å². The van der Waals surface area contributed by atoms with E-state index >= 15 is 0 Å². The minimum atomic E-state index is 0.853. The molecule has 0 amide bonds. The molecule has 2 aromatic heterocycles. The van der Waals surface area contributed by atoms with Crippen molar-refractivity contribution in [3.8, 4) is 27.7 Å².